The number of aliphatic carboxylic acids is 2. The predicted octanol–water partition coefficient (Wildman–Crippen LogP) is 1.39. The summed E-state index contributed by atoms with van der Waals surface area (Å²) in [6.07, 6.45) is 1.000. The predicted molar refractivity (Wildman–Crippen MR) is 80.6 cm³/mol. The van der Waals surface area contributed by atoms with Crippen LogP contribution in [-0.2, 0) is 20.8 Å². The van der Waals surface area contributed by atoms with Gasteiger partial charge in [0.15, 0.2) is 0 Å². The second kappa shape index (κ2) is 7.26. The first-order chi connectivity index (χ1) is 9.97. The molecular formula is C15H18N2O5. The van der Waals surface area contributed by atoms with Gasteiger partial charge in [-0.25, -0.2) is 4.79 Å². The van der Waals surface area contributed by atoms with E-state index in [9.17, 15) is 14.4 Å². The molecule has 0 aliphatic carbocycles. The largest absolute Gasteiger partial charge is 0.481 e. The van der Waals surface area contributed by atoms with Crippen molar-refractivity contribution in [2.75, 3.05) is 0 Å². The van der Waals surface area contributed by atoms with E-state index in [4.69, 9.17) is 10.2 Å². The maximum absolute atomic E-state index is 11.9. The van der Waals surface area contributed by atoms with Crippen molar-refractivity contribution in [3.8, 4) is 0 Å². The standard InChI is InChI=1S/C14H14N2O5.CH4/c17-12(16-11(14(20)21)6-13(18)19)5-8-7-15-10-4-2-1-3-9(8)10;/h1-4,7,11,15H,5-6H2,(H,16,17)(H,18,19)(H,20,21);1H4/t11-;/m0./s1. The highest BCUT2D eigenvalue weighted by atomic mass is 16.4. The Bertz CT molecular complexity index is 692. The van der Waals surface area contributed by atoms with Gasteiger partial charge in [0.05, 0.1) is 12.8 Å². The van der Waals surface area contributed by atoms with Gasteiger partial charge >= 0.3 is 11.9 Å². The molecule has 0 fully saturated rings. The van der Waals surface area contributed by atoms with Crippen LogP contribution in [0.4, 0.5) is 0 Å². The van der Waals surface area contributed by atoms with Crippen LogP contribution in [0.5, 0.6) is 0 Å². The van der Waals surface area contributed by atoms with E-state index in [0.717, 1.165) is 16.5 Å². The maximum Gasteiger partial charge on any atom is 0.326 e. The minimum absolute atomic E-state index is 0. The van der Waals surface area contributed by atoms with Crippen molar-refractivity contribution in [1.29, 1.82) is 0 Å². The summed E-state index contributed by atoms with van der Waals surface area (Å²) in [4.78, 5) is 36.3. The van der Waals surface area contributed by atoms with E-state index >= 15 is 0 Å². The van der Waals surface area contributed by atoms with E-state index in [1.54, 1.807) is 6.20 Å². The van der Waals surface area contributed by atoms with Gasteiger partial charge in [0.25, 0.3) is 0 Å². The number of carboxylic acid groups (broad SMARTS) is 2. The first-order valence-corrected chi connectivity index (χ1v) is 6.26. The number of aromatic amines is 1. The molecule has 0 bridgehead atoms. The zero-order chi connectivity index (χ0) is 15.4. The number of para-hydroxylation sites is 1. The van der Waals surface area contributed by atoms with Gasteiger partial charge in [0.2, 0.25) is 5.91 Å². The zero-order valence-corrected chi connectivity index (χ0v) is 11.0. The van der Waals surface area contributed by atoms with E-state index < -0.39 is 30.3 Å². The van der Waals surface area contributed by atoms with Gasteiger partial charge < -0.3 is 20.5 Å². The molecule has 0 aliphatic rings. The van der Waals surface area contributed by atoms with E-state index in [1.165, 1.54) is 0 Å². The molecule has 1 aromatic carbocycles. The minimum atomic E-state index is -1.43. The number of carbonyl (C=O) groups is 3. The highest BCUT2D eigenvalue weighted by molar-refractivity contribution is 5.91. The van der Waals surface area contributed by atoms with Crippen LogP contribution in [0.25, 0.3) is 10.9 Å². The van der Waals surface area contributed by atoms with Gasteiger partial charge in [-0.2, -0.15) is 0 Å². The molecule has 7 heteroatoms. The summed E-state index contributed by atoms with van der Waals surface area (Å²) in [5.41, 5.74) is 1.60. The lowest BCUT2D eigenvalue weighted by atomic mass is 10.1. The Labute approximate surface area is 127 Å². The smallest absolute Gasteiger partial charge is 0.326 e. The van der Waals surface area contributed by atoms with Crippen LogP contribution in [0.1, 0.15) is 19.4 Å². The van der Waals surface area contributed by atoms with Crippen LogP contribution in [0.2, 0.25) is 0 Å². The van der Waals surface area contributed by atoms with Crippen molar-refractivity contribution in [3.63, 3.8) is 0 Å². The summed E-state index contributed by atoms with van der Waals surface area (Å²) in [7, 11) is 0. The van der Waals surface area contributed by atoms with Crippen molar-refractivity contribution in [2.24, 2.45) is 0 Å². The molecule has 7 nitrogen and oxygen atoms in total. The summed E-state index contributed by atoms with van der Waals surface area (Å²) >= 11 is 0. The van der Waals surface area contributed by atoms with Crippen LogP contribution in [0.15, 0.2) is 30.5 Å². The minimum Gasteiger partial charge on any atom is -0.481 e. The molecule has 2 rings (SSSR count). The zero-order valence-electron chi connectivity index (χ0n) is 11.0. The van der Waals surface area contributed by atoms with E-state index in [1.807, 2.05) is 24.3 Å². The molecule has 1 amide bonds. The van der Waals surface area contributed by atoms with Crippen molar-refractivity contribution >= 4 is 28.7 Å². The molecule has 2 aromatic rings. The Morgan fingerprint density at radius 2 is 1.86 bits per heavy atom. The molecule has 0 saturated carbocycles. The Balaban J connectivity index is 0.00000242. The molecule has 0 aliphatic heterocycles. The highest BCUT2D eigenvalue weighted by Crippen LogP contribution is 2.18. The fourth-order valence-electron chi connectivity index (χ4n) is 2.07. The SMILES string of the molecule is C.O=C(O)C[C@H](NC(=O)Cc1c[nH]c2ccccc12)C(=O)O. The van der Waals surface area contributed by atoms with Crippen molar-refractivity contribution in [1.82, 2.24) is 10.3 Å². The average Bonchev–Trinajstić information content (AvgIpc) is 2.81. The number of hydrogen-bond acceptors (Lipinski definition) is 3. The second-order valence-corrected chi connectivity index (χ2v) is 4.59. The number of hydrogen-bond donors (Lipinski definition) is 4. The summed E-state index contributed by atoms with van der Waals surface area (Å²) < 4.78 is 0. The fraction of sp³-hybridized carbons (Fsp3) is 0.267. The molecule has 0 saturated heterocycles. The quantitative estimate of drug-likeness (QED) is 0.643. The topological polar surface area (TPSA) is 119 Å². The number of carboxylic acids is 2. The van der Waals surface area contributed by atoms with Crippen LogP contribution in [-0.4, -0.2) is 39.1 Å². The molecule has 0 radical (unpaired) electrons. The van der Waals surface area contributed by atoms with E-state index in [0.29, 0.717) is 0 Å². The normalized spacial score (nSPS) is 11.5. The van der Waals surface area contributed by atoms with Gasteiger partial charge in [0, 0.05) is 17.1 Å². The van der Waals surface area contributed by atoms with Crippen molar-refractivity contribution in [2.45, 2.75) is 26.3 Å². The van der Waals surface area contributed by atoms with Gasteiger partial charge in [-0.05, 0) is 11.6 Å². The first kappa shape index (κ1) is 17.2. The summed E-state index contributed by atoms with van der Waals surface area (Å²) in [6.45, 7) is 0. The molecule has 1 aromatic heterocycles. The molecule has 118 valence electrons. The third-order valence-electron chi connectivity index (χ3n) is 3.04. The number of rotatable bonds is 6. The number of benzene rings is 1. The number of amides is 1. The number of H-pyrrole nitrogens is 1. The molecular weight excluding hydrogens is 288 g/mol. The van der Waals surface area contributed by atoms with Crippen LogP contribution in [0.3, 0.4) is 0 Å². The monoisotopic (exact) mass is 306 g/mol. The lowest BCUT2D eigenvalue weighted by Crippen LogP contribution is -2.42. The van der Waals surface area contributed by atoms with Gasteiger partial charge in [-0.3, -0.25) is 9.59 Å². The Hall–Kier alpha value is -2.83. The third kappa shape index (κ3) is 4.08. The Kier molecular flexibility index (Phi) is 5.68. The van der Waals surface area contributed by atoms with Crippen molar-refractivity contribution in [3.05, 3.63) is 36.0 Å². The van der Waals surface area contributed by atoms with Gasteiger partial charge in [0.1, 0.15) is 6.04 Å². The third-order valence-corrected chi connectivity index (χ3v) is 3.04. The number of fused-ring (bicyclic) bond motifs is 1. The van der Waals surface area contributed by atoms with Gasteiger partial charge in [-0.1, -0.05) is 25.6 Å². The average molecular weight is 306 g/mol. The number of carbonyl (C=O) groups excluding carboxylic acids is 1. The van der Waals surface area contributed by atoms with Crippen LogP contribution < -0.4 is 5.32 Å². The first-order valence-electron chi connectivity index (χ1n) is 6.26. The number of nitrogens with one attached hydrogen (secondary N) is 2. The summed E-state index contributed by atoms with van der Waals surface area (Å²) in [5.74, 6) is -3.19. The molecule has 4 N–H and O–H groups in total. The molecule has 0 spiro atoms. The van der Waals surface area contributed by atoms with E-state index in [-0.39, 0.29) is 13.8 Å². The van der Waals surface area contributed by atoms with Crippen LogP contribution in [0, 0.1) is 0 Å². The molecule has 22 heavy (non-hydrogen) atoms. The van der Waals surface area contributed by atoms with Crippen LogP contribution >= 0.6 is 0 Å². The summed E-state index contributed by atoms with van der Waals surface area (Å²) in [6, 6.07) is 5.97. The Morgan fingerprint density at radius 3 is 2.50 bits per heavy atom. The molecule has 1 atom stereocenters. The van der Waals surface area contributed by atoms with Gasteiger partial charge in [-0.15, -0.1) is 0 Å². The fourth-order valence-corrected chi connectivity index (χ4v) is 2.07. The lowest BCUT2D eigenvalue weighted by Gasteiger charge is -2.12. The highest BCUT2D eigenvalue weighted by Gasteiger charge is 2.23. The Morgan fingerprint density at radius 1 is 1.18 bits per heavy atom. The molecule has 1 heterocycles. The molecule has 0 unspecified atom stereocenters. The summed E-state index contributed by atoms with van der Waals surface area (Å²) in [5, 5.41) is 20.6. The maximum atomic E-state index is 11.9. The second-order valence-electron chi connectivity index (χ2n) is 4.59. The van der Waals surface area contributed by atoms with E-state index in [2.05, 4.69) is 10.3 Å². The van der Waals surface area contributed by atoms with Crippen molar-refractivity contribution < 1.29 is 24.6 Å². The number of aromatic nitrogens is 1. The lowest BCUT2D eigenvalue weighted by molar-refractivity contribution is -0.147.